The molecule has 0 heterocycles. The Labute approximate surface area is 166 Å². The van der Waals surface area contributed by atoms with Crippen LogP contribution in [0.15, 0.2) is 24.3 Å². The average Bonchev–Trinajstić information content (AvgIpc) is 2.66. The third-order valence-corrected chi connectivity index (χ3v) is 6.08. The minimum absolute atomic E-state index is 0.0721. The molecule has 1 saturated carbocycles. The van der Waals surface area contributed by atoms with E-state index >= 15 is 0 Å². The van der Waals surface area contributed by atoms with Gasteiger partial charge in [-0.3, -0.25) is 0 Å². The van der Waals surface area contributed by atoms with E-state index in [1.807, 2.05) is 0 Å². The lowest BCUT2D eigenvalue weighted by Crippen LogP contribution is -2.15. The molecule has 0 atom stereocenters. The number of hydrogen-bond acceptors (Lipinski definition) is 0. The molecule has 29 heavy (non-hydrogen) atoms. The molecule has 0 N–H and O–H groups in total. The molecule has 0 radical (unpaired) electrons. The first-order chi connectivity index (χ1) is 13.6. The molecule has 0 unspecified atom stereocenters. The van der Waals surface area contributed by atoms with Crippen molar-refractivity contribution in [2.75, 3.05) is 0 Å². The van der Waals surface area contributed by atoms with Gasteiger partial charge >= 0.3 is 6.18 Å². The number of halogens is 6. The maximum atomic E-state index is 14.8. The molecule has 1 aliphatic rings. The molecule has 3 rings (SSSR count). The number of alkyl halides is 3. The van der Waals surface area contributed by atoms with Crippen molar-refractivity contribution in [1.29, 1.82) is 0 Å². The summed E-state index contributed by atoms with van der Waals surface area (Å²) in [6.07, 6.45) is 0.923. The molecule has 1 fully saturated rings. The van der Waals surface area contributed by atoms with Crippen molar-refractivity contribution in [2.24, 2.45) is 5.92 Å². The quantitative estimate of drug-likeness (QED) is 0.443. The van der Waals surface area contributed by atoms with Crippen LogP contribution in [0.4, 0.5) is 26.3 Å². The minimum Gasteiger partial charge on any atom is -0.206 e. The van der Waals surface area contributed by atoms with Crippen LogP contribution >= 0.6 is 0 Å². The van der Waals surface area contributed by atoms with E-state index in [-0.39, 0.29) is 22.6 Å². The minimum atomic E-state index is -4.85. The summed E-state index contributed by atoms with van der Waals surface area (Å²) in [5, 5.41) is 0. The smallest absolute Gasteiger partial charge is 0.206 e. The largest absolute Gasteiger partial charge is 0.419 e. The Morgan fingerprint density at radius 2 is 1.45 bits per heavy atom. The van der Waals surface area contributed by atoms with Crippen LogP contribution in [-0.2, 0) is 6.18 Å². The SMILES string of the molecule is CCCC1CCC(c2ccc(-c3ccc(C(F)(F)F)c(F)c3C)c(F)c2F)CC1. The van der Waals surface area contributed by atoms with Crippen molar-refractivity contribution in [1.82, 2.24) is 0 Å². The van der Waals surface area contributed by atoms with E-state index in [1.165, 1.54) is 12.1 Å². The fourth-order valence-corrected chi connectivity index (χ4v) is 4.45. The average molecular weight is 414 g/mol. The summed E-state index contributed by atoms with van der Waals surface area (Å²) in [4.78, 5) is 0. The summed E-state index contributed by atoms with van der Waals surface area (Å²) in [5.74, 6) is -3.03. The highest BCUT2D eigenvalue weighted by molar-refractivity contribution is 5.69. The molecule has 0 bridgehead atoms. The molecule has 158 valence electrons. The normalized spacial score (nSPS) is 20.1. The summed E-state index contributed by atoms with van der Waals surface area (Å²) in [5.41, 5.74) is -1.78. The third kappa shape index (κ3) is 4.31. The van der Waals surface area contributed by atoms with Gasteiger partial charge in [0.25, 0.3) is 0 Å². The third-order valence-electron chi connectivity index (χ3n) is 6.08. The molecule has 0 spiro atoms. The molecule has 1 aliphatic carbocycles. The molecule has 2 aromatic rings. The van der Waals surface area contributed by atoms with Crippen LogP contribution in [0.1, 0.15) is 68.1 Å². The molecule has 6 heteroatoms. The fourth-order valence-electron chi connectivity index (χ4n) is 4.45. The zero-order valence-electron chi connectivity index (χ0n) is 16.5. The maximum Gasteiger partial charge on any atom is 0.419 e. The van der Waals surface area contributed by atoms with Gasteiger partial charge < -0.3 is 0 Å². The number of benzene rings is 2. The first-order valence-corrected chi connectivity index (χ1v) is 9.99. The molecule has 0 nitrogen and oxygen atoms in total. The highest BCUT2D eigenvalue weighted by Crippen LogP contribution is 2.41. The topological polar surface area (TPSA) is 0 Å². The Morgan fingerprint density at radius 3 is 2.03 bits per heavy atom. The standard InChI is InChI=1S/C23H24F6/c1-3-4-14-5-7-15(8-6-14)17-9-10-18(22(26)21(17)25)16-11-12-19(23(27,28)29)20(24)13(16)2/h9-12,14-15H,3-8H2,1-2H3. The van der Waals surface area contributed by atoms with E-state index in [9.17, 15) is 26.3 Å². The van der Waals surface area contributed by atoms with Gasteiger partial charge in [-0.2, -0.15) is 13.2 Å². The summed E-state index contributed by atoms with van der Waals surface area (Å²) in [7, 11) is 0. The maximum absolute atomic E-state index is 14.8. The van der Waals surface area contributed by atoms with Crippen molar-refractivity contribution in [2.45, 2.75) is 64.5 Å². The Morgan fingerprint density at radius 1 is 0.828 bits per heavy atom. The lowest BCUT2D eigenvalue weighted by molar-refractivity contribution is -0.140. The lowest BCUT2D eigenvalue weighted by atomic mass is 9.77. The second kappa shape index (κ2) is 8.41. The fraction of sp³-hybridized carbons (Fsp3) is 0.478. The first-order valence-electron chi connectivity index (χ1n) is 9.99. The summed E-state index contributed by atoms with van der Waals surface area (Å²) >= 11 is 0. The Bertz CT molecular complexity index is 876. The molecule has 0 saturated heterocycles. The van der Waals surface area contributed by atoms with Crippen LogP contribution in [0.2, 0.25) is 0 Å². The van der Waals surface area contributed by atoms with Crippen molar-refractivity contribution in [3.8, 4) is 11.1 Å². The van der Waals surface area contributed by atoms with Crippen molar-refractivity contribution < 1.29 is 26.3 Å². The molecule has 0 amide bonds. The summed E-state index contributed by atoms with van der Waals surface area (Å²) < 4.78 is 82.5. The highest BCUT2D eigenvalue weighted by atomic mass is 19.4. The molecule has 2 aromatic carbocycles. The van der Waals surface area contributed by atoms with Crippen molar-refractivity contribution in [3.05, 3.63) is 58.4 Å². The van der Waals surface area contributed by atoms with Gasteiger partial charge in [-0.05, 0) is 67.2 Å². The lowest BCUT2D eigenvalue weighted by Gasteiger charge is -2.29. The van der Waals surface area contributed by atoms with Gasteiger partial charge in [0.05, 0.1) is 5.56 Å². The van der Waals surface area contributed by atoms with Crippen molar-refractivity contribution in [3.63, 3.8) is 0 Å². The van der Waals surface area contributed by atoms with Gasteiger partial charge in [-0.15, -0.1) is 0 Å². The predicted molar refractivity (Wildman–Crippen MR) is 101 cm³/mol. The molecule has 0 aromatic heterocycles. The highest BCUT2D eigenvalue weighted by Gasteiger charge is 2.35. The second-order valence-electron chi connectivity index (χ2n) is 7.93. The van der Waals surface area contributed by atoms with Gasteiger partial charge in [0.2, 0.25) is 0 Å². The van der Waals surface area contributed by atoms with Gasteiger partial charge in [0, 0.05) is 5.56 Å². The van der Waals surface area contributed by atoms with Crippen LogP contribution in [0.25, 0.3) is 11.1 Å². The zero-order chi connectivity index (χ0) is 21.3. The van der Waals surface area contributed by atoms with E-state index in [0.717, 1.165) is 51.5 Å². The Balaban J connectivity index is 1.92. The van der Waals surface area contributed by atoms with Gasteiger partial charge in [0.1, 0.15) is 5.82 Å². The summed E-state index contributed by atoms with van der Waals surface area (Å²) in [6, 6.07) is 4.40. The first kappa shape index (κ1) is 21.7. The molecular formula is C23H24F6. The van der Waals surface area contributed by atoms with Crippen LogP contribution in [0.5, 0.6) is 0 Å². The molecular weight excluding hydrogens is 390 g/mol. The Hall–Kier alpha value is -1.98. The van der Waals surface area contributed by atoms with Crippen LogP contribution in [0.3, 0.4) is 0 Å². The van der Waals surface area contributed by atoms with E-state index in [1.54, 1.807) is 0 Å². The van der Waals surface area contributed by atoms with E-state index < -0.39 is 29.2 Å². The van der Waals surface area contributed by atoms with E-state index in [0.29, 0.717) is 17.5 Å². The van der Waals surface area contributed by atoms with Crippen molar-refractivity contribution >= 4 is 0 Å². The number of hydrogen-bond donors (Lipinski definition) is 0. The monoisotopic (exact) mass is 414 g/mol. The van der Waals surface area contributed by atoms with Gasteiger partial charge in [0.15, 0.2) is 11.6 Å². The van der Waals surface area contributed by atoms with E-state index in [4.69, 9.17) is 0 Å². The number of rotatable bonds is 4. The Kier molecular flexibility index (Phi) is 6.30. The molecule has 0 aliphatic heterocycles. The summed E-state index contributed by atoms with van der Waals surface area (Å²) in [6.45, 7) is 3.27. The van der Waals surface area contributed by atoms with Gasteiger partial charge in [-0.1, -0.05) is 38.0 Å². The second-order valence-corrected chi connectivity index (χ2v) is 7.93. The zero-order valence-corrected chi connectivity index (χ0v) is 16.5. The van der Waals surface area contributed by atoms with Crippen LogP contribution < -0.4 is 0 Å². The van der Waals surface area contributed by atoms with Crippen LogP contribution in [-0.4, -0.2) is 0 Å². The van der Waals surface area contributed by atoms with E-state index in [2.05, 4.69) is 6.92 Å². The van der Waals surface area contributed by atoms with Gasteiger partial charge in [-0.25, -0.2) is 13.2 Å². The predicted octanol–water partition coefficient (Wildman–Crippen LogP) is 8.17. The van der Waals surface area contributed by atoms with Crippen LogP contribution in [0, 0.1) is 30.3 Å².